The molecule has 132 valence electrons. The summed E-state index contributed by atoms with van der Waals surface area (Å²) in [7, 11) is 1.43. The predicted octanol–water partition coefficient (Wildman–Crippen LogP) is 4.74. The molecule has 1 unspecified atom stereocenters. The van der Waals surface area contributed by atoms with Crippen LogP contribution in [0.25, 0.3) is 0 Å². The van der Waals surface area contributed by atoms with E-state index >= 15 is 0 Å². The fraction of sp³-hybridized carbons (Fsp3) is 0.235. The van der Waals surface area contributed by atoms with Gasteiger partial charge in [-0.3, -0.25) is 4.31 Å². The van der Waals surface area contributed by atoms with E-state index < -0.39 is 24.1 Å². The number of fused-ring (bicyclic) bond motifs is 1. The van der Waals surface area contributed by atoms with E-state index in [1.807, 2.05) is 18.2 Å². The number of hydrogen-bond acceptors (Lipinski definition) is 4. The zero-order valence-corrected chi connectivity index (χ0v) is 13.9. The number of ether oxygens (including phenoxy) is 2. The van der Waals surface area contributed by atoms with Gasteiger partial charge in [0.2, 0.25) is 6.29 Å². The highest BCUT2D eigenvalue weighted by Crippen LogP contribution is 2.33. The van der Waals surface area contributed by atoms with Gasteiger partial charge in [-0.1, -0.05) is 24.3 Å². The SMILES string of the molecule is CN(Sc1cccc(C(F)(F)F)c1)C(=O)OC1Cc2ccccc2O1. The van der Waals surface area contributed by atoms with Gasteiger partial charge in [0.15, 0.2) is 0 Å². The quantitative estimate of drug-likeness (QED) is 0.733. The Labute approximate surface area is 146 Å². The topological polar surface area (TPSA) is 38.8 Å². The average Bonchev–Trinajstić information content (AvgIpc) is 2.96. The third kappa shape index (κ3) is 4.19. The zero-order chi connectivity index (χ0) is 18.0. The van der Waals surface area contributed by atoms with Crippen molar-refractivity contribution in [2.75, 3.05) is 7.05 Å². The van der Waals surface area contributed by atoms with Crippen LogP contribution < -0.4 is 4.74 Å². The molecule has 0 aliphatic carbocycles. The smallest absolute Gasteiger partial charge is 0.422 e. The van der Waals surface area contributed by atoms with Crippen molar-refractivity contribution in [3.05, 3.63) is 59.7 Å². The molecule has 25 heavy (non-hydrogen) atoms. The Balaban J connectivity index is 1.59. The summed E-state index contributed by atoms with van der Waals surface area (Å²) >= 11 is 0.852. The number of carbonyl (C=O) groups excluding carboxylic acids is 1. The number of hydrogen-bond donors (Lipinski definition) is 0. The molecule has 2 aromatic rings. The minimum atomic E-state index is -4.43. The van der Waals surface area contributed by atoms with Gasteiger partial charge in [-0.25, -0.2) is 4.79 Å². The first-order valence-corrected chi connectivity index (χ1v) is 8.14. The van der Waals surface area contributed by atoms with Crippen molar-refractivity contribution >= 4 is 18.0 Å². The van der Waals surface area contributed by atoms with Crippen molar-refractivity contribution in [3.8, 4) is 5.75 Å². The van der Waals surface area contributed by atoms with E-state index in [1.54, 1.807) is 6.07 Å². The van der Waals surface area contributed by atoms with Crippen molar-refractivity contribution in [1.82, 2.24) is 4.31 Å². The Morgan fingerprint density at radius 3 is 2.72 bits per heavy atom. The first-order chi connectivity index (χ1) is 11.8. The lowest BCUT2D eigenvalue weighted by molar-refractivity contribution is -0.137. The number of halogens is 3. The van der Waals surface area contributed by atoms with Crippen molar-refractivity contribution in [2.45, 2.75) is 23.8 Å². The summed E-state index contributed by atoms with van der Waals surface area (Å²) in [5.41, 5.74) is 0.169. The summed E-state index contributed by atoms with van der Waals surface area (Å²) in [5, 5.41) is 0. The molecule has 3 rings (SSSR count). The Kier molecular flexibility index (Phi) is 4.80. The molecular weight excluding hydrogens is 355 g/mol. The second-order valence-electron chi connectivity index (χ2n) is 5.36. The number of alkyl halides is 3. The summed E-state index contributed by atoms with van der Waals surface area (Å²) < 4.78 is 50.1. The summed E-state index contributed by atoms with van der Waals surface area (Å²) in [4.78, 5) is 12.4. The van der Waals surface area contributed by atoms with Crippen LogP contribution in [0.3, 0.4) is 0 Å². The van der Waals surface area contributed by atoms with Crippen LogP contribution in [0.4, 0.5) is 18.0 Å². The van der Waals surface area contributed by atoms with Gasteiger partial charge in [0.25, 0.3) is 0 Å². The van der Waals surface area contributed by atoms with Crippen LogP contribution in [0.5, 0.6) is 5.75 Å². The molecule has 1 aliphatic heterocycles. The van der Waals surface area contributed by atoms with Crippen molar-refractivity contribution in [3.63, 3.8) is 0 Å². The Morgan fingerprint density at radius 1 is 1.24 bits per heavy atom. The van der Waals surface area contributed by atoms with Gasteiger partial charge >= 0.3 is 12.3 Å². The van der Waals surface area contributed by atoms with E-state index in [9.17, 15) is 18.0 Å². The van der Waals surface area contributed by atoms with Crippen molar-refractivity contribution in [1.29, 1.82) is 0 Å². The van der Waals surface area contributed by atoms with E-state index in [4.69, 9.17) is 9.47 Å². The number of amides is 1. The maximum atomic E-state index is 12.7. The van der Waals surface area contributed by atoms with Gasteiger partial charge in [-0.2, -0.15) is 13.2 Å². The number of rotatable bonds is 3. The molecule has 2 aromatic carbocycles. The number of nitrogens with zero attached hydrogens (tertiary/aromatic N) is 1. The summed E-state index contributed by atoms with van der Waals surface area (Å²) in [5.74, 6) is 0.661. The third-order valence-corrected chi connectivity index (χ3v) is 4.40. The summed E-state index contributed by atoms with van der Waals surface area (Å²) in [6, 6.07) is 12.1. The van der Waals surface area contributed by atoms with Crippen molar-refractivity contribution < 1.29 is 27.4 Å². The van der Waals surface area contributed by atoms with E-state index in [2.05, 4.69) is 0 Å². The Morgan fingerprint density at radius 2 is 2.00 bits per heavy atom. The van der Waals surface area contributed by atoms with Crippen LogP contribution in [-0.2, 0) is 17.3 Å². The Hall–Kier alpha value is -2.35. The number of para-hydroxylation sites is 1. The maximum Gasteiger partial charge on any atom is 0.422 e. The first kappa shape index (κ1) is 17.5. The molecule has 1 aliphatic rings. The van der Waals surface area contributed by atoms with Crippen LogP contribution >= 0.6 is 11.9 Å². The van der Waals surface area contributed by atoms with E-state index in [-0.39, 0.29) is 4.90 Å². The number of benzene rings is 2. The molecule has 0 radical (unpaired) electrons. The van der Waals surface area contributed by atoms with Gasteiger partial charge in [0, 0.05) is 17.5 Å². The molecule has 0 N–H and O–H groups in total. The Bertz CT molecular complexity index is 757. The molecule has 1 atom stereocenters. The summed E-state index contributed by atoms with van der Waals surface area (Å²) in [6.45, 7) is 0. The molecule has 1 amide bonds. The fourth-order valence-electron chi connectivity index (χ4n) is 2.33. The number of carbonyl (C=O) groups is 1. The predicted molar refractivity (Wildman–Crippen MR) is 86.1 cm³/mol. The minimum absolute atomic E-state index is 0.282. The van der Waals surface area contributed by atoms with Gasteiger partial charge in [-0.15, -0.1) is 0 Å². The first-order valence-electron chi connectivity index (χ1n) is 7.37. The molecule has 0 saturated heterocycles. The maximum absolute atomic E-state index is 12.7. The molecule has 1 heterocycles. The van der Waals surface area contributed by atoms with Gasteiger partial charge in [0.1, 0.15) is 5.75 Å². The molecule has 0 saturated carbocycles. The van der Waals surface area contributed by atoms with Crippen LogP contribution in [-0.4, -0.2) is 23.7 Å². The lowest BCUT2D eigenvalue weighted by Crippen LogP contribution is -2.28. The normalized spacial score (nSPS) is 16.1. The van der Waals surface area contributed by atoms with Gasteiger partial charge < -0.3 is 9.47 Å². The molecule has 4 nitrogen and oxygen atoms in total. The van der Waals surface area contributed by atoms with E-state index in [0.29, 0.717) is 12.2 Å². The standard InChI is InChI=1S/C17H14F3NO3S/c1-21(25-13-7-4-6-12(10-13)17(18,19)20)16(22)24-15-9-11-5-2-3-8-14(11)23-15/h2-8,10,15H,9H2,1H3. The van der Waals surface area contributed by atoms with Crippen LogP contribution in [0, 0.1) is 0 Å². The van der Waals surface area contributed by atoms with Crippen LogP contribution in [0.2, 0.25) is 0 Å². The molecule has 8 heteroatoms. The lowest BCUT2D eigenvalue weighted by atomic mass is 10.2. The zero-order valence-electron chi connectivity index (χ0n) is 13.1. The molecule has 0 bridgehead atoms. The van der Waals surface area contributed by atoms with Gasteiger partial charge in [-0.05, 0) is 36.2 Å². The molecule has 0 spiro atoms. The van der Waals surface area contributed by atoms with Crippen LogP contribution in [0.15, 0.2) is 53.4 Å². The van der Waals surface area contributed by atoms with Crippen molar-refractivity contribution in [2.24, 2.45) is 0 Å². The third-order valence-electron chi connectivity index (χ3n) is 3.51. The monoisotopic (exact) mass is 369 g/mol. The molecular formula is C17H14F3NO3S. The highest BCUT2D eigenvalue weighted by Gasteiger charge is 2.31. The lowest BCUT2D eigenvalue weighted by Gasteiger charge is -2.19. The van der Waals surface area contributed by atoms with Crippen LogP contribution in [0.1, 0.15) is 11.1 Å². The molecule has 0 fully saturated rings. The second kappa shape index (κ2) is 6.87. The summed E-state index contributed by atoms with van der Waals surface area (Å²) in [6.07, 6.45) is -5.43. The van der Waals surface area contributed by atoms with Gasteiger partial charge in [0.05, 0.1) is 12.0 Å². The largest absolute Gasteiger partial charge is 0.454 e. The second-order valence-corrected chi connectivity index (χ2v) is 6.56. The van der Waals surface area contributed by atoms with E-state index in [1.165, 1.54) is 19.2 Å². The average molecular weight is 369 g/mol. The highest BCUT2D eigenvalue weighted by molar-refractivity contribution is 7.97. The van der Waals surface area contributed by atoms with E-state index in [0.717, 1.165) is 33.9 Å². The highest BCUT2D eigenvalue weighted by atomic mass is 32.2. The minimum Gasteiger partial charge on any atom is -0.454 e. The fourth-order valence-corrected chi connectivity index (χ4v) is 3.08. The molecule has 0 aromatic heterocycles.